The van der Waals surface area contributed by atoms with Crippen LogP contribution in [0.25, 0.3) is 22.3 Å². The highest BCUT2D eigenvalue weighted by Gasteiger charge is 2.51. The first-order valence-corrected chi connectivity index (χ1v) is 12.2. The summed E-state index contributed by atoms with van der Waals surface area (Å²) >= 11 is 0. The van der Waals surface area contributed by atoms with Gasteiger partial charge in [0.05, 0.1) is 49.3 Å². The van der Waals surface area contributed by atoms with Crippen LogP contribution in [-0.2, 0) is 4.74 Å². The van der Waals surface area contributed by atoms with Gasteiger partial charge < -0.3 is 62.7 Å². The molecular formula is C27H32O14. The zero-order valence-electron chi connectivity index (χ0n) is 23.2. The van der Waals surface area contributed by atoms with Crippen molar-refractivity contribution in [2.24, 2.45) is 0 Å². The van der Waals surface area contributed by atoms with Crippen molar-refractivity contribution >= 4 is 11.0 Å². The number of hydrogen-bond acceptors (Lipinski definition) is 14. The first-order valence-electron chi connectivity index (χ1n) is 12.2. The van der Waals surface area contributed by atoms with Gasteiger partial charge in [0.15, 0.2) is 28.6 Å². The van der Waals surface area contributed by atoms with E-state index in [1.54, 1.807) is 6.07 Å². The van der Waals surface area contributed by atoms with Crippen LogP contribution < -0.4 is 38.6 Å². The van der Waals surface area contributed by atoms with E-state index in [0.717, 1.165) is 0 Å². The molecule has 0 bridgehead atoms. The van der Waals surface area contributed by atoms with E-state index in [2.05, 4.69) is 0 Å². The summed E-state index contributed by atoms with van der Waals surface area (Å²) in [7, 11) is 8.19. The van der Waals surface area contributed by atoms with Gasteiger partial charge in [-0.3, -0.25) is 4.79 Å². The second-order valence-electron chi connectivity index (χ2n) is 8.91. The van der Waals surface area contributed by atoms with Gasteiger partial charge in [0.2, 0.25) is 28.4 Å². The van der Waals surface area contributed by atoms with E-state index in [1.807, 2.05) is 0 Å². The first-order chi connectivity index (χ1) is 19.6. The minimum absolute atomic E-state index is 0.00789. The van der Waals surface area contributed by atoms with Gasteiger partial charge in [-0.15, -0.1) is 0 Å². The highest BCUT2D eigenvalue weighted by Crippen LogP contribution is 2.52. The summed E-state index contributed by atoms with van der Waals surface area (Å²) in [6.07, 6.45) is -4.95. The van der Waals surface area contributed by atoms with Gasteiger partial charge in [0.25, 0.3) is 5.79 Å². The maximum Gasteiger partial charge on any atom is 0.260 e. The third-order valence-electron chi connectivity index (χ3n) is 6.71. The van der Waals surface area contributed by atoms with Crippen LogP contribution in [0.15, 0.2) is 27.4 Å². The molecule has 1 aliphatic heterocycles. The maximum atomic E-state index is 14.2. The molecule has 41 heavy (non-hydrogen) atoms. The number of hydrogen-bond donors (Lipinski definition) is 4. The second kappa shape index (κ2) is 11.9. The van der Waals surface area contributed by atoms with E-state index >= 15 is 0 Å². The number of methoxy groups -OCH3 is 6. The summed E-state index contributed by atoms with van der Waals surface area (Å²) in [6.45, 7) is -1.35. The van der Waals surface area contributed by atoms with Gasteiger partial charge in [-0.2, -0.15) is 0 Å². The molecule has 3 aromatic rings. The van der Waals surface area contributed by atoms with E-state index in [9.17, 15) is 25.2 Å². The van der Waals surface area contributed by atoms with Crippen molar-refractivity contribution in [1.82, 2.24) is 0 Å². The monoisotopic (exact) mass is 580 g/mol. The summed E-state index contributed by atoms with van der Waals surface area (Å²) in [4.78, 5) is 14.2. The Labute approximate surface area is 234 Å². The molecule has 1 fully saturated rings. The standard InChI is InChI=1S/C27H32O14/c1-33-13-8-7-12(9-14(13)34-2)19-22(41-27(32)11-39-15(10-28)17(29)26(27)31)18(30)16-20(35-3)23(36-4)25(38-6)24(37-5)21(16)40-19/h7-9,15,17,26,28-29,31-32H,10-11H2,1-6H3/t15-,17-,26+,27+/m1/s1. The van der Waals surface area contributed by atoms with Crippen LogP contribution in [0.2, 0.25) is 0 Å². The average Bonchev–Trinajstić information content (AvgIpc) is 2.99. The molecule has 2 aromatic carbocycles. The molecule has 4 N–H and O–H groups in total. The normalized spacial score (nSPS) is 22.2. The quantitative estimate of drug-likeness (QED) is 0.246. The molecule has 0 aliphatic carbocycles. The molecule has 0 amide bonds. The van der Waals surface area contributed by atoms with E-state index in [1.165, 1.54) is 54.8 Å². The number of aliphatic hydroxyl groups excluding tert-OH is 3. The molecule has 4 rings (SSSR count). The van der Waals surface area contributed by atoms with Gasteiger partial charge >= 0.3 is 0 Å². The minimum atomic E-state index is -2.65. The van der Waals surface area contributed by atoms with E-state index in [-0.39, 0.29) is 51.0 Å². The van der Waals surface area contributed by atoms with E-state index in [0.29, 0.717) is 5.75 Å². The molecule has 0 unspecified atom stereocenters. The number of ether oxygens (including phenoxy) is 8. The van der Waals surface area contributed by atoms with E-state index in [4.69, 9.17) is 42.3 Å². The summed E-state index contributed by atoms with van der Waals surface area (Å²) in [5.74, 6) is -2.83. The predicted molar refractivity (Wildman–Crippen MR) is 142 cm³/mol. The van der Waals surface area contributed by atoms with Crippen molar-refractivity contribution in [3.63, 3.8) is 0 Å². The zero-order chi connectivity index (χ0) is 30.1. The maximum absolute atomic E-state index is 14.2. The highest BCUT2D eigenvalue weighted by atomic mass is 16.7. The Kier molecular flexibility index (Phi) is 8.70. The smallest absolute Gasteiger partial charge is 0.260 e. The number of fused-ring (bicyclic) bond motifs is 1. The van der Waals surface area contributed by atoms with Crippen molar-refractivity contribution in [2.45, 2.75) is 24.1 Å². The van der Waals surface area contributed by atoms with Crippen molar-refractivity contribution in [3.05, 3.63) is 28.4 Å². The first kappa shape index (κ1) is 30.0. The Morgan fingerprint density at radius 1 is 0.854 bits per heavy atom. The molecule has 4 atom stereocenters. The lowest BCUT2D eigenvalue weighted by Gasteiger charge is -2.42. The van der Waals surface area contributed by atoms with Crippen LogP contribution in [0.1, 0.15) is 0 Å². The third-order valence-corrected chi connectivity index (χ3v) is 6.71. The van der Waals surface area contributed by atoms with Crippen molar-refractivity contribution < 1.29 is 62.7 Å². The molecule has 224 valence electrons. The molecule has 14 nitrogen and oxygen atoms in total. The van der Waals surface area contributed by atoms with Gasteiger partial charge in [0, 0.05) is 5.56 Å². The Bertz CT molecular complexity index is 1470. The molecule has 1 aliphatic rings. The Hall–Kier alpha value is -3.95. The SMILES string of the molecule is COc1ccc(-c2oc3c(OC)c(OC)c(OC)c(OC)c3c(=O)c2O[C@@]2(O)CO[C@H](CO)[C@@H](O)[C@@H]2O)cc1OC. The summed E-state index contributed by atoms with van der Waals surface area (Å²) in [5.41, 5.74) is -0.750. The topological polar surface area (TPSA) is 185 Å². The predicted octanol–water partition coefficient (Wildman–Crippen LogP) is 0.692. The van der Waals surface area contributed by atoms with Crippen molar-refractivity contribution in [3.8, 4) is 51.6 Å². The fourth-order valence-corrected chi connectivity index (χ4v) is 4.63. The highest BCUT2D eigenvalue weighted by molar-refractivity contribution is 5.97. The van der Waals surface area contributed by atoms with Crippen LogP contribution >= 0.6 is 0 Å². The Balaban J connectivity index is 2.09. The van der Waals surface area contributed by atoms with Crippen LogP contribution in [0.4, 0.5) is 0 Å². The molecular weight excluding hydrogens is 548 g/mol. The third kappa shape index (κ3) is 4.93. The van der Waals surface area contributed by atoms with Crippen molar-refractivity contribution in [2.75, 3.05) is 55.9 Å². The fraction of sp³-hybridized carbons (Fsp3) is 0.444. The van der Waals surface area contributed by atoms with Gasteiger partial charge in [-0.05, 0) is 18.2 Å². The lowest BCUT2D eigenvalue weighted by molar-refractivity contribution is -0.307. The molecule has 2 heterocycles. The largest absolute Gasteiger partial charge is 0.493 e. The molecule has 0 radical (unpaired) electrons. The van der Waals surface area contributed by atoms with Gasteiger partial charge in [-0.25, -0.2) is 0 Å². The lowest BCUT2D eigenvalue weighted by Crippen LogP contribution is -2.64. The fourth-order valence-electron chi connectivity index (χ4n) is 4.63. The summed E-state index contributed by atoms with van der Waals surface area (Å²) in [6, 6.07) is 4.59. The van der Waals surface area contributed by atoms with Crippen LogP contribution in [0.5, 0.6) is 40.2 Å². The minimum Gasteiger partial charge on any atom is -0.493 e. The molecule has 0 saturated carbocycles. The molecule has 1 aromatic heterocycles. The lowest BCUT2D eigenvalue weighted by atomic mass is 9.97. The van der Waals surface area contributed by atoms with Crippen LogP contribution in [-0.4, -0.2) is 100 Å². The zero-order valence-corrected chi connectivity index (χ0v) is 23.2. The molecule has 1 saturated heterocycles. The Morgan fingerprint density at radius 2 is 1.46 bits per heavy atom. The summed E-state index contributed by atoms with van der Waals surface area (Å²) < 4.78 is 50.0. The molecule has 0 spiro atoms. The molecule has 14 heteroatoms. The van der Waals surface area contributed by atoms with Crippen LogP contribution in [0, 0.1) is 0 Å². The van der Waals surface area contributed by atoms with Crippen molar-refractivity contribution in [1.29, 1.82) is 0 Å². The van der Waals surface area contributed by atoms with Gasteiger partial charge in [-0.1, -0.05) is 0 Å². The number of rotatable bonds is 10. The van der Waals surface area contributed by atoms with E-state index < -0.39 is 48.5 Å². The summed E-state index contributed by atoms with van der Waals surface area (Å²) in [5, 5.41) is 41.7. The van der Waals surface area contributed by atoms with Gasteiger partial charge in [0.1, 0.15) is 30.3 Å². The number of benzene rings is 2. The average molecular weight is 581 g/mol. The number of aliphatic hydroxyl groups is 4. The Morgan fingerprint density at radius 3 is 2.02 bits per heavy atom. The van der Waals surface area contributed by atoms with Crippen LogP contribution in [0.3, 0.4) is 0 Å². The second-order valence-corrected chi connectivity index (χ2v) is 8.91.